The van der Waals surface area contributed by atoms with Gasteiger partial charge in [-0.2, -0.15) is 0 Å². The van der Waals surface area contributed by atoms with Crippen LogP contribution in [0.3, 0.4) is 0 Å². The highest BCUT2D eigenvalue weighted by atomic mass is 16.4. The Kier molecular flexibility index (Phi) is 5.37. The van der Waals surface area contributed by atoms with Crippen LogP contribution in [0.1, 0.15) is 24.2 Å². The number of nitrogens with two attached hydrogens (primary N) is 1. The van der Waals surface area contributed by atoms with Crippen LogP contribution < -0.4 is 16.0 Å². The van der Waals surface area contributed by atoms with Crippen molar-refractivity contribution in [3.8, 4) is 0 Å². The van der Waals surface area contributed by atoms with Crippen molar-refractivity contribution in [3.63, 3.8) is 0 Å². The third kappa shape index (κ3) is 4.46. The summed E-state index contributed by atoms with van der Waals surface area (Å²) in [5.41, 5.74) is 6.92. The molecular formula is C14H21N3O3. The van der Waals surface area contributed by atoms with Crippen LogP contribution in [0.25, 0.3) is 0 Å². The first-order valence-corrected chi connectivity index (χ1v) is 6.42. The SMILES string of the molecule is CC(C)CNC(=O)CN(C)c1ccc(C(=O)O)cc1N. The zero-order valence-electron chi connectivity index (χ0n) is 12.0. The van der Waals surface area contributed by atoms with Crippen LogP contribution in [0, 0.1) is 5.92 Å². The van der Waals surface area contributed by atoms with Gasteiger partial charge in [0.25, 0.3) is 0 Å². The lowest BCUT2D eigenvalue weighted by atomic mass is 10.1. The Labute approximate surface area is 118 Å². The number of nitrogens with one attached hydrogen (secondary N) is 1. The summed E-state index contributed by atoms with van der Waals surface area (Å²) in [6, 6.07) is 4.46. The van der Waals surface area contributed by atoms with E-state index in [1.165, 1.54) is 12.1 Å². The number of carbonyl (C=O) groups excluding carboxylic acids is 1. The summed E-state index contributed by atoms with van der Waals surface area (Å²) >= 11 is 0. The van der Waals surface area contributed by atoms with Crippen molar-refractivity contribution >= 4 is 23.3 Å². The Bertz CT molecular complexity index is 500. The summed E-state index contributed by atoms with van der Waals surface area (Å²) in [7, 11) is 1.74. The lowest BCUT2D eigenvalue weighted by Gasteiger charge is -2.21. The van der Waals surface area contributed by atoms with Gasteiger partial charge in [-0.1, -0.05) is 13.8 Å². The van der Waals surface area contributed by atoms with Gasteiger partial charge in [0.1, 0.15) is 0 Å². The molecule has 6 nitrogen and oxygen atoms in total. The largest absolute Gasteiger partial charge is 0.478 e. The van der Waals surface area contributed by atoms with E-state index < -0.39 is 5.97 Å². The van der Waals surface area contributed by atoms with Crippen LogP contribution in [-0.4, -0.2) is 37.1 Å². The average molecular weight is 279 g/mol. The van der Waals surface area contributed by atoms with Crippen molar-refractivity contribution in [3.05, 3.63) is 23.8 Å². The monoisotopic (exact) mass is 279 g/mol. The molecule has 1 rings (SSSR count). The van der Waals surface area contributed by atoms with Gasteiger partial charge in [-0.3, -0.25) is 4.79 Å². The Balaban J connectivity index is 2.70. The van der Waals surface area contributed by atoms with Gasteiger partial charge in [0.15, 0.2) is 0 Å². The highest BCUT2D eigenvalue weighted by Gasteiger charge is 2.12. The van der Waals surface area contributed by atoms with Crippen molar-refractivity contribution in [1.82, 2.24) is 5.32 Å². The minimum absolute atomic E-state index is 0.0945. The van der Waals surface area contributed by atoms with E-state index in [0.29, 0.717) is 23.8 Å². The average Bonchev–Trinajstić information content (AvgIpc) is 2.35. The Morgan fingerprint density at radius 3 is 2.55 bits per heavy atom. The van der Waals surface area contributed by atoms with E-state index >= 15 is 0 Å². The van der Waals surface area contributed by atoms with E-state index in [4.69, 9.17) is 10.8 Å². The fourth-order valence-electron chi connectivity index (χ4n) is 1.71. The number of carbonyl (C=O) groups is 2. The number of hydrogen-bond acceptors (Lipinski definition) is 4. The second kappa shape index (κ2) is 6.79. The second-order valence-electron chi connectivity index (χ2n) is 5.13. The zero-order valence-corrected chi connectivity index (χ0v) is 12.0. The van der Waals surface area contributed by atoms with Crippen LogP contribution >= 0.6 is 0 Å². The quantitative estimate of drug-likeness (QED) is 0.679. The van der Waals surface area contributed by atoms with Crippen LogP contribution in [0.4, 0.5) is 11.4 Å². The number of likely N-dealkylation sites (N-methyl/N-ethyl adjacent to an activating group) is 1. The van der Waals surface area contributed by atoms with Gasteiger partial charge in [-0.05, 0) is 24.1 Å². The van der Waals surface area contributed by atoms with Gasteiger partial charge in [-0.15, -0.1) is 0 Å². The van der Waals surface area contributed by atoms with Crippen molar-refractivity contribution in [2.75, 3.05) is 30.8 Å². The van der Waals surface area contributed by atoms with E-state index in [0.717, 1.165) is 0 Å². The van der Waals surface area contributed by atoms with Crippen LogP contribution in [0.2, 0.25) is 0 Å². The standard InChI is InChI=1S/C14H21N3O3/c1-9(2)7-16-13(18)8-17(3)12-5-4-10(14(19)20)6-11(12)15/h4-6,9H,7-8,15H2,1-3H3,(H,16,18)(H,19,20). The summed E-state index contributed by atoms with van der Waals surface area (Å²) in [6.45, 7) is 4.84. The molecule has 0 fully saturated rings. The smallest absolute Gasteiger partial charge is 0.335 e. The number of rotatable bonds is 6. The van der Waals surface area contributed by atoms with Crippen LogP contribution in [0.15, 0.2) is 18.2 Å². The first-order valence-electron chi connectivity index (χ1n) is 6.42. The highest BCUT2D eigenvalue weighted by Crippen LogP contribution is 2.23. The molecule has 20 heavy (non-hydrogen) atoms. The number of nitrogen functional groups attached to an aromatic ring is 1. The van der Waals surface area contributed by atoms with E-state index in [9.17, 15) is 9.59 Å². The molecule has 0 radical (unpaired) electrons. The summed E-state index contributed by atoms with van der Waals surface area (Å²) in [6.07, 6.45) is 0. The summed E-state index contributed by atoms with van der Waals surface area (Å²) < 4.78 is 0. The van der Waals surface area contributed by atoms with Gasteiger partial charge in [0, 0.05) is 13.6 Å². The Hall–Kier alpha value is -2.24. The summed E-state index contributed by atoms with van der Waals surface area (Å²) in [5.74, 6) is -0.729. The fraction of sp³-hybridized carbons (Fsp3) is 0.429. The summed E-state index contributed by atoms with van der Waals surface area (Å²) in [5, 5.41) is 11.7. The molecule has 6 heteroatoms. The third-order valence-corrected chi connectivity index (χ3v) is 2.77. The molecule has 0 spiro atoms. The van der Waals surface area contributed by atoms with E-state index in [1.54, 1.807) is 18.0 Å². The van der Waals surface area contributed by atoms with Gasteiger partial charge in [0.2, 0.25) is 5.91 Å². The van der Waals surface area contributed by atoms with Gasteiger partial charge < -0.3 is 21.1 Å². The van der Waals surface area contributed by atoms with Crippen molar-refractivity contribution in [1.29, 1.82) is 0 Å². The third-order valence-electron chi connectivity index (χ3n) is 2.77. The number of anilines is 2. The van der Waals surface area contributed by atoms with Crippen molar-refractivity contribution in [2.45, 2.75) is 13.8 Å². The highest BCUT2D eigenvalue weighted by molar-refractivity contribution is 5.91. The molecule has 1 amide bonds. The number of hydrogen-bond donors (Lipinski definition) is 3. The molecule has 0 unspecified atom stereocenters. The number of nitrogens with zero attached hydrogens (tertiary/aromatic N) is 1. The lowest BCUT2D eigenvalue weighted by Crippen LogP contribution is -2.37. The van der Waals surface area contributed by atoms with E-state index in [1.807, 2.05) is 13.8 Å². The second-order valence-corrected chi connectivity index (χ2v) is 5.13. The molecule has 1 aromatic rings. The minimum atomic E-state index is -1.03. The molecule has 4 N–H and O–H groups in total. The number of carboxylic acid groups (broad SMARTS) is 1. The number of benzene rings is 1. The van der Waals surface area contributed by atoms with Crippen LogP contribution in [-0.2, 0) is 4.79 Å². The number of carboxylic acids is 1. The summed E-state index contributed by atoms with van der Waals surface area (Å²) in [4.78, 5) is 24.2. The lowest BCUT2D eigenvalue weighted by molar-refractivity contribution is -0.119. The number of aromatic carboxylic acids is 1. The topological polar surface area (TPSA) is 95.7 Å². The van der Waals surface area contributed by atoms with Crippen molar-refractivity contribution in [2.24, 2.45) is 5.92 Å². The Morgan fingerprint density at radius 1 is 1.40 bits per heavy atom. The predicted molar refractivity (Wildman–Crippen MR) is 78.9 cm³/mol. The van der Waals surface area contributed by atoms with Gasteiger partial charge >= 0.3 is 5.97 Å². The van der Waals surface area contributed by atoms with Crippen LogP contribution in [0.5, 0.6) is 0 Å². The molecule has 0 aliphatic carbocycles. The Morgan fingerprint density at radius 2 is 2.05 bits per heavy atom. The van der Waals surface area contributed by atoms with E-state index in [-0.39, 0.29) is 18.0 Å². The fourth-order valence-corrected chi connectivity index (χ4v) is 1.71. The van der Waals surface area contributed by atoms with Gasteiger partial charge in [0.05, 0.1) is 23.5 Å². The zero-order chi connectivity index (χ0) is 15.3. The maximum absolute atomic E-state index is 11.7. The predicted octanol–water partition coefficient (Wildman–Crippen LogP) is 1.18. The molecule has 0 aliphatic rings. The normalized spacial score (nSPS) is 10.4. The number of amides is 1. The maximum Gasteiger partial charge on any atom is 0.335 e. The molecular weight excluding hydrogens is 258 g/mol. The first kappa shape index (κ1) is 15.8. The molecule has 110 valence electrons. The molecule has 0 saturated heterocycles. The van der Waals surface area contributed by atoms with E-state index in [2.05, 4.69) is 5.32 Å². The first-order chi connectivity index (χ1) is 9.31. The molecule has 0 saturated carbocycles. The molecule has 0 heterocycles. The molecule has 0 atom stereocenters. The molecule has 0 aliphatic heterocycles. The van der Waals surface area contributed by atoms with Gasteiger partial charge in [-0.25, -0.2) is 4.79 Å². The molecule has 0 bridgehead atoms. The minimum Gasteiger partial charge on any atom is -0.478 e. The molecule has 1 aromatic carbocycles. The molecule has 0 aromatic heterocycles. The van der Waals surface area contributed by atoms with Crippen molar-refractivity contribution < 1.29 is 14.7 Å². The maximum atomic E-state index is 11.7.